The molecule has 0 amide bonds. The first-order valence-corrected chi connectivity index (χ1v) is 2.40. The highest BCUT2D eigenvalue weighted by Gasteiger charge is 1.74. The van der Waals surface area contributed by atoms with Crippen LogP contribution in [0.1, 0.15) is 6.42 Å². The molecule has 0 aromatic rings. The van der Waals surface area contributed by atoms with E-state index in [1.165, 1.54) is 12.7 Å². The fraction of sp³-hybridized carbons (Fsp3) is 1.00. The minimum absolute atomic E-state index is 0.913. The van der Waals surface area contributed by atoms with Crippen molar-refractivity contribution in [1.29, 1.82) is 0 Å². The highest BCUT2D eigenvalue weighted by molar-refractivity contribution is 6.08. The third kappa shape index (κ3) is 4.09. The molecule has 0 heterocycles. The van der Waals surface area contributed by atoms with Crippen molar-refractivity contribution < 1.29 is 4.65 Å². The van der Waals surface area contributed by atoms with Crippen LogP contribution in [0, 0.1) is 0 Å². The van der Waals surface area contributed by atoms with Gasteiger partial charge in [-0.3, -0.25) is 0 Å². The van der Waals surface area contributed by atoms with Crippen LogP contribution in [0.4, 0.5) is 0 Å². The van der Waals surface area contributed by atoms with Crippen LogP contribution in [0.3, 0.4) is 0 Å². The van der Waals surface area contributed by atoms with E-state index in [0.29, 0.717) is 0 Å². The molecule has 0 bridgehead atoms. The van der Waals surface area contributed by atoms with E-state index < -0.39 is 0 Å². The normalized spacial score (nSPS) is 8.67. The molecule has 0 aliphatic carbocycles. The van der Waals surface area contributed by atoms with Crippen LogP contribution in [-0.4, -0.2) is 22.5 Å². The van der Waals surface area contributed by atoms with Gasteiger partial charge >= 0.3 is 0 Å². The van der Waals surface area contributed by atoms with E-state index in [2.05, 4.69) is 7.85 Å². The van der Waals surface area contributed by atoms with Crippen molar-refractivity contribution in [2.45, 2.75) is 12.7 Å². The van der Waals surface area contributed by atoms with Crippen LogP contribution in [0.25, 0.3) is 0 Å². The molecule has 34 valence electrons. The topological polar surface area (TPSA) is 9.23 Å². The van der Waals surface area contributed by atoms with Crippen molar-refractivity contribution in [2.75, 3.05) is 6.61 Å². The SMILES string of the molecule is BCCCOB. The quantitative estimate of drug-likeness (QED) is 0.314. The second-order valence-electron chi connectivity index (χ2n) is 1.35. The summed E-state index contributed by atoms with van der Waals surface area (Å²) in [4.78, 5) is 0. The van der Waals surface area contributed by atoms with Gasteiger partial charge in [0.05, 0.1) is 0 Å². The number of hydrogen-bond acceptors (Lipinski definition) is 1. The average molecular weight is 83.7 g/mol. The largest absolute Gasteiger partial charge is 0.444 e. The van der Waals surface area contributed by atoms with Gasteiger partial charge in [-0.1, -0.05) is 6.32 Å². The Morgan fingerprint density at radius 3 is 2.33 bits per heavy atom. The molecule has 0 fully saturated rings. The molecule has 0 aromatic heterocycles. The second-order valence-corrected chi connectivity index (χ2v) is 1.35. The minimum Gasteiger partial charge on any atom is -0.444 e. The molecule has 6 heavy (non-hydrogen) atoms. The summed E-state index contributed by atoms with van der Waals surface area (Å²) in [6.45, 7) is 0.913. The minimum atomic E-state index is 0.913. The van der Waals surface area contributed by atoms with Crippen molar-refractivity contribution in [3.05, 3.63) is 0 Å². The third-order valence-electron chi connectivity index (χ3n) is 0.702. The van der Waals surface area contributed by atoms with Gasteiger partial charge in [0.25, 0.3) is 8.05 Å². The summed E-state index contributed by atoms with van der Waals surface area (Å²) in [5.74, 6) is 0. The van der Waals surface area contributed by atoms with E-state index in [-0.39, 0.29) is 0 Å². The maximum absolute atomic E-state index is 4.78. The first kappa shape index (κ1) is 6.09. The lowest BCUT2D eigenvalue weighted by Crippen LogP contribution is -1.86. The van der Waals surface area contributed by atoms with Gasteiger partial charge < -0.3 is 4.65 Å². The Labute approximate surface area is 40.9 Å². The van der Waals surface area contributed by atoms with Crippen molar-refractivity contribution in [2.24, 2.45) is 0 Å². The Morgan fingerprint density at radius 2 is 2.17 bits per heavy atom. The summed E-state index contributed by atoms with van der Waals surface area (Å²) >= 11 is 0. The fourth-order valence-corrected chi connectivity index (χ4v) is 0.289. The van der Waals surface area contributed by atoms with Gasteiger partial charge in [-0.15, -0.1) is 0 Å². The van der Waals surface area contributed by atoms with E-state index in [9.17, 15) is 0 Å². The van der Waals surface area contributed by atoms with E-state index in [4.69, 9.17) is 4.65 Å². The second kappa shape index (κ2) is 5.09. The molecule has 0 aliphatic rings. The lowest BCUT2D eigenvalue weighted by atomic mass is 10.0. The summed E-state index contributed by atoms with van der Waals surface area (Å²) < 4.78 is 4.78. The van der Waals surface area contributed by atoms with Crippen molar-refractivity contribution in [3.63, 3.8) is 0 Å². The Morgan fingerprint density at radius 1 is 1.50 bits per heavy atom. The molecule has 1 nitrogen and oxygen atoms in total. The zero-order valence-electron chi connectivity index (χ0n) is 4.53. The summed E-state index contributed by atoms with van der Waals surface area (Å²) in [5, 5.41) is 0. The lowest BCUT2D eigenvalue weighted by molar-refractivity contribution is 0.349. The fourth-order valence-electron chi connectivity index (χ4n) is 0.289. The summed E-state index contributed by atoms with van der Waals surface area (Å²) in [6.07, 6.45) is 2.42. The first-order valence-electron chi connectivity index (χ1n) is 2.40. The molecule has 0 radical (unpaired) electrons. The van der Waals surface area contributed by atoms with Crippen LogP contribution in [0.15, 0.2) is 0 Å². The van der Waals surface area contributed by atoms with Crippen molar-refractivity contribution >= 4 is 15.9 Å². The summed E-state index contributed by atoms with van der Waals surface area (Å²) in [6, 6.07) is 0. The van der Waals surface area contributed by atoms with Crippen molar-refractivity contribution in [3.8, 4) is 0 Å². The van der Waals surface area contributed by atoms with Crippen LogP contribution < -0.4 is 0 Å². The molecule has 0 saturated carbocycles. The Bertz CT molecular complexity index is 20.8. The third-order valence-corrected chi connectivity index (χ3v) is 0.702. The smallest absolute Gasteiger partial charge is 0.257 e. The predicted molar refractivity (Wildman–Crippen MR) is 32.5 cm³/mol. The molecule has 0 saturated heterocycles. The summed E-state index contributed by atoms with van der Waals surface area (Å²) in [5.41, 5.74) is 0. The first-order chi connectivity index (χ1) is 2.91. The van der Waals surface area contributed by atoms with E-state index in [1.54, 1.807) is 8.05 Å². The van der Waals surface area contributed by atoms with Crippen molar-refractivity contribution in [1.82, 2.24) is 0 Å². The monoisotopic (exact) mass is 84.1 g/mol. The molecule has 0 rings (SSSR count). The van der Waals surface area contributed by atoms with Gasteiger partial charge in [0.15, 0.2) is 0 Å². The molecule has 0 aromatic carbocycles. The highest BCUT2D eigenvalue weighted by Crippen LogP contribution is 1.80. The molecule has 0 aliphatic heterocycles. The molecule has 3 heteroatoms. The highest BCUT2D eigenvalue weighted by atomic mass is 16.4. The number of rotatable bonds is 3. The Hall–Kier alpha value is 0.0899. The molecule has 0 unspecified atom stereocenters. The van der Waals surface area contributed by atoms with Crippen LogP contribution in [0.5, 0.6) is 0 Å². The van der Waals surface area contributed by atoms with Gasteiger partial charge in [0.1, 0.15) is 7.85 Å². The molecule has 0 atom stereocenters. The maximum atomic E-state index is 4.78. The van der Waals surface area contributed by atoms with E-state index >= 15 is 0 Å². The molecule has 0 N–H and O–H groups in total. The Balaban J connectivity index is 2.34. The Kier molecular flexibility index (Phi) is 5.17. The lowest BCUT2D eigenvalue weighted by Gasteiger charge is -1.90. The summed E-state index contributed by atoms with van der Waals surface area (Å²) in [7, 11) is 3.88. The zero-order chi connectivity index (χ0) is 4.83. The van der Waals surface area contributed by atoms with Gasteiger partial charge in [-0.2, -0.15) is 0 Å². The predicted octanol–water partition coefficient (Wildman–Crippen LogP) is -1.01. The van der Waals surface area contributed by atoms with Gasteiger partial charge in [0.2, 0.25) is 0 Å². The molecular weight excluding hydrogens is 73.7 g/mol. The van der Waals surface area contributed by atoms with E-state index in [0.717, 1.165) is 6.61 Å². The van der Waals surface area contributed by atoms with Gasteiger partial charge in [-0.25, -0.2) is 0 Å². The zero-order valence-corrected chi connectivity index (χ0v) is 4.53. The number of hydrogen-bond donors (Lipinski definition) is 0. The van der Waals surface area contributed by atoms with Crippen LogP contribution in [0.2, 0.25) is 6.32 Å². The van der Waals surface area contributed by atoms with Crippen LogP contribution in [-0.2, 0) is 4.65 Å². The molecular formula is C3H10B2O. The molecule has 0 spiro atoms. The average Bonchev–Trinajstić information content (AvgIpc) is 1.61. The van der Waals surface area contributed by atoms with Crippen LogP contribution >= 0.6 is 0 Å². The van der Waals surface area contributed by atoms with Gasteiger partial charge in [0, 0.05) is 6.61 Å². The standard InChI is InChI=1S/C3H10B2O/c4-2-1-3-6-5/h1-5H2. The maximum Gasteiger partial charge on any atom is 0.257 e. The van der Waals surface area contributed by atoms with E-state index in [1.807, 2.05) is 0 Å². The van der Waals surface area contributed by atoms with Gasteiger partial charge in [-0.05, 0) is 6.42 Å².